The number of carbonyl (C=O) groups is 1. The molecule has 0 bridgehead atoms. The topological polar surface area (TPSA) is 475 Å². The molecule has 0 aliphatic heterocycles. The third-order valence-electron chi connectivity index (χ3n) is 15.7. The maximum Gasteiger partial charge on any atom is 0.535 e. The van der Waals surface area contributed by atoms with Gasteiger partial charge in [0.2, 0.25) is 0 Å². The van der Waals surface area contributed by atoms with E-state index < -0.39 is 53.9 Å². The number of thiophene rings is 5. The highest BCUT2D eigenvalue weighted by atomic mass is 35.5. The first kappa shape index (κ1) is 91.2. The second kappa shape index (κ2) is 48.9. The Hall–Kier alpha value is -9.01. The number of ether oxygens (including phenoxy) is 1. The Kier molecular flexibility index (Phi) is 39.5. The molecule has 0 spiro atoms. The second-order valence-corrected chi connectivity index (χ2v) is 32.0. The number of carbonyl (C=O) groups excluding carboxylic acids is 1. The van der Waals surface area contributed by atoms with Crippen molar-refractivity contribution in [1.82, 2.24) is 41.5 Å². The van der Waals surface area contributed by atoms with Gasteiger partial charge in [-0.25, -0.2) is 14.4 Å². The Bertz CT molecular complexity index is 4940. The number of nitriles is 1. The zero-order chi connectivity index (χ0) is 81.6. The summed E-state index contributed by atoms with van der Waals surface area (Å²) < 4.78 is 16.7. The summed E-state index contributed by atoms with van der Waals surface area (Å²) in [5, 5.41) is 92.3. The van der Waals surface area contributed by atoms with Crippen molar-refractivity contribution in [3.05, 3.63) is 319 Å². The number of nitrogens with one attached hydrogen (secondary N) is 6. The number of aromatic nitrogens is 4. The first-order valence-corrected chi connectivity index (χ1v) is 39.9. The minimum atomic E-state index is -0.944. The third-order valence-corrected chi connectivity index (χ3v) is 22.2. The Morgan fingerprint density at radius 3 is 1.17 bits per heavy atom. The average Bonchev–Trinajstić information content (AvgIpc) is 1.73. The lowest BCUT2D eigenvalue weighted by atomic mass is 10.1. The van der Waals surface area contributed by atoms with Crippen LogP contribution in [0.3, 0.4) is 0 Å². The molecule has 0 saturated heterocycles. The first-order valence-electron chi connectivity index (χ1n) is 33.9. The molecule has 0 amide bonds. The van der Waals surface area contributed by atoms with Crippen LogP contribution in [0.15, 0.2) is 241 Å². The SMILES string of the molecule is CCOC(=O)O/N=C(\N)[C@H](N[C@@H](CO)c1ccccc1)c1ccc(Cl)s1.N#C[C@H](N[C@@H](CO)c1ccccc1)c1ccc(Cl)s1.N/C(=N\O)[C@H](N[C@@H](CO)c1ccccc1)c1ccc(Cl)s1.N[C@@H](CO)c1ccccc1.N[C@@H](c1noc(=O)[nH]1)c1ccc(Cl)s1.O=c1[nH]c([C@H](N[C@@H](CO)c2ccccc2)c2ccc(Cl)s2)no1. The molecule has 0 aliphatic rings. The maximum absolute atomic E-state index is 11.3. The van der Waals surface area contributed by atoms with Crippen LogP contribution in [0.1, 0.15) is 131 Å². The van der Waals surface area contributed by atoms with Gasteiger partial charge < -0.3 is 58.4 Å². The molecule has 0 unspecified atom stereocenters. The van der Waals surface area contributed by atoms with Gasteiger partial charge in [0.15, 0.2) is 23.3 Å². The molecule has 0 aliphatic carbocycles. The minimum absolute atomic E-state index is 0.00398. The van der Waals surface area contributed by atoms with Crippen LogP contribution in [-0.4, -0.2) is 108 Å². The van der Waals surface area contributed by atoms with Crippen molar-refractivity contribution in [1.29, 1.82) is 5.26 Å². The van der Waals surface area contributed by atoms with E-state index >= 15 is 0 Å². The third kappa shape index (κ3) is 29.7. The number of halogens is 5. The van der Waals surface area contributed by atoms with Crippen molar-refractivity contribution in [3.63, 3.8) is 0 Å². The summed E-state index contributed by atoms with van der Waals surface area (Å²) in [6.07, 6.45) is -0.944. The van der Waals surface area contributed by atoms with Crippen LogP contribution in [0, 0.1) is 11.3 Å². The molecule has 12 rings (SSSR count). The van der Waals surface area contributed by atoms with Crippen LogP contribution >= 0.6 is 115 Å². The monoisotopic (exact) mass is 1730 g/mol. The highest BCUT2D eigenvalue weighted by Gasteiger charge is 2.28. The van der Waals surface area contributed by atoms with Gasteiger partial charge in [-0.05, 0) is 95.4 Å². The standard InChI is InChI=1S/C17H20ClN3O4S.C15H14ClN3O3S.C14H16ClN3O2S.C14H13ClN2OS.C8H11NO.C7H6ClN3O2S/c1-2-24-17(23)25-21-16(19)15(13-8-9-14(18)26-13)20-12(10-22)11-6-4-3-5-7-11;16-12-7-6-11(23-12)13(14-18-15(21)22-19-14)17-10(8-20)9-4-2-1-3-5-9;15-12-7-6-11(21-12)13(14(16)18-20)17-10(8-19)9-4-2-1-3-5-9;15-14-7-6-13(19-14)11(8-16)17-12(9-18)10-4-2-1-3-5-10;9-8(6-10)7-4-2-1-3-5-7;8-4-2-1-3(14-4)5(9)6-10-7(12)13-11-6/h3-9,12,15,20,22H,2,10H2,1H3,(H2,19,21);1-7,10,13,17,20H,8H2,(H,18,19,21);1-7,10,13,17,19-20H,8H2,(H2,16,18);1-7,11-12,17-18H,9H2;1-5,8,10H,6,9H2;1-2,5H,9H2,(H,10,11,12)/t12-,15+;2*10-,13+;11-,12-;8-;5-/m000001/s1. The van der Waals surface area contributed by atoms with E-state index in [1.807, 2.05) is 170 Å². The van der Waals surface area contributed by atoms with Crippen LogP contribution in [0.4, 0.5) is 4.79 Å². The number of benzene rings is 5. The highest BCUT2D eigenvalue weighted by Crippen LogP contribution is 2.35. The number of rotatable bonds is 29. The van der Waals surface area contributed by atoms with Crippen LogP contribution in [0.25, 0.3) is 0 Å². The van der Waals surface area contributed by atoms with E-state index in [2.05, 4.69) is 76.5 Å². The van der Waals surface area contributed by atoms with Crippen molar-refractivity contribution < 1.29 is 54.2 Å². The summed E-state index contributed by atoms with van der Waals surface area (Å²) in [4.78, 5) is 46.9. The van der Waals surface area contributed by atoms with E-state index in [9.17, 15) is 40.1 Å². The predicted octanol–water partition coefficient (Wildman–Crippen LogP) is 13.3. The maximum atomic E-state index is 11.3. The summed E-state index contributed by atoms with van der Waals surface area (Å²) in [7, 11) is 0. The number of oxime groups is 2. The number of amidine groups is 2. The summed E-state index contributed by atoms with van der Waals surface area (Å²) >= 11 is 36.3. The summed E-state index contributed by atoms with van der Waals surface area (Å²) in [5.41, 5.74) is 27.8. The fraction of sp³-hybridized carbons (Fsp3) is 0.227. The van der Waals surface area contributed by atoms with E-state index in [0.29, 0.717) is 33.3 Å². The lowest BCUT2D eigenvalue weighted by Gasteiger charge is -2.23. The molecule has 20 N–H and O–H groups in total. The van der Waals surface area contributed by atoms with Crippen LogP contribution in [-0.2, 0) is 9.57 Å². The largest absolute Gasteiger partial charge is 0.535 e. The molecule has 28 nitrogen and oxygen atoms in total. The van der Waals surface area contributed by atoms with E-state index in [0.717, 1.165) is 52.2 Å². The Labute approximate surface area is 693 Å². The number of H-pyrrole nitrogens is 2. The summed E-state index contributed by atoms with van der Waals surface area (Å²) in [6.45, 7) is 1.37. The first-order chi connectivity index (χ1) is 54.6. The van der Waals surface area contributed by atoms with E-state index in [1.54, 1.807) is 49.4 Å². The van der Waals surface area contributed by atoms with Crippen LogP contribution < -0.4 is 55.7 Å². The smallest absolute Gasteiger partial charge is 0.433 e. The molecule has 598 valence electrons. The fourth-order valence-corrected chi connectivity index (χ4v) is 15.7. The molecule has 12 aromatic rings. The van der Waals surface area contributed by atoms with Gasteiger partial charge in [0.05, 0.1) is 97.6 Å². The van der Waals surface area contributed by atoms with Crippen molar-refractivity contribution in [2.45, 2.75) is 67.3 Å². The van der Waals surface area contributed by atoms with Crippen molar-refractivity contribution >= 4 is 133 Å². The molecular weight excluding hydrogens is 1660 g/mol. The lowest BCUT2D eigenvalue weighted by Crippen LogP contribution is -2.37. The van der Waals surface area contributed by atoms with E-state index in [1.165, 1.54) is 56.7 Å². The number of nitrogens with two attached hydrogens (primary N) is 4. The number of aliphatic hydroxyl groups is 5. The van der Waals surface area contributed by atoms with Gasteiger partial charge in [-0.3, -0.25) is 45.1 Å². The number of nitrogens with zero attached hydrogens (tertiary/aromatic N) is 5. The zero-order valence-electron chi connectivity index (χ0n) is 59.7. The van der Waals surface area contributed by atoms with Gasteiger partial charge in [-0.15, -0.1) is 56.7 Å². The number of hydrogen-bond acceptors (Lipinski definition) is 29. The van der Waals surface area contributed by atoms with Crippen LogP contribution in [0.5, 0.6) is 0 Å². The number of aromatic amines is 2. The fourth-order valence-electron chi connectivity index (χ4n) is 10.1. The number of aliphatic hydroxyl groups excluding tert-OH is 5. The molecule has 0 fully saturated rings. The average molecular weight is 1740 g/mol. The summed E-state index contributed by atoms with van der Waals surface area (Å²) in [6, 6.07) is 63.4. The van der Waals surface area contributed by atoms with Gasteiger partial charge >= 0.3 is 17.7 Å². The Morgan fingerprint density at radius 1 is 0.487 bits per heavy atom. The second-order valence-electron chi connectivity index (χ2n) is 23.3. The van der Waals surface area contributed by atoms with E-state index in [-0.39, 0.29) is 75.5 Å². The summed E-state index contributed by atoms with van der Waals surface area (Å²) in [5.74, 6) is -0.585. The van der Waals surface area contributed by atoms with Gasteiger partial charge in [-0.2, -0.15) is 5.26 Å². The molecule has 113 heavy (non-hydrogen) atoms. The van der Waals surface area contributed by atoms with Gasteiger partial charge in [0.25, 0.3) is 0 Å². The number of hydrogen-bond donors (Lipinski definition) is 16. The molecule has 7 aromatic heterocycles. The molecule has 0 radical (unpaired) electrons. The van der Waals surface area contributed by atoms with E-state index in [4.69, 9.17) is 91.3 Å². The van der Waals surface area contributed by atoms with Crippen molar-refractivity contribution in [2.24, 2.45) is 33.2 Å². The van der Waals surface area contributed by atoms with Crippen molar-refractivity contribution in [3.8, 4) is 6.07 Å². The molecule has 38 heteroatoms. The molecule has 7 heterocycles. The normalized spacial score (nSPS) is 13.8. The Balaban J connectivity index is 0.000000192. The zero-order valence-corrected chi connectivity index (χ0v) is 67.6. The van der Waals surface area contributed by atoms with Gasteiger partial charge in [0.1, 0.15) is 30.2 Å². The molecular formula is C75H80Cl5N15O13S5. The quantitative estimate of drug-likeness (QED) is 0.00517. The van der Waals surface area contributed by atoms with Crippen LogP contribution in [0.2, 0.25) is 21.7 Å². The predicted molar refractivity (Wildman–Crippen MR) is 444 cm³/mol. The van der Waals surface area contributed by atoms with Gasteiger partial charge in [-0.1, -0.05) is 230 Å². The highest BCUT2D eigenvalue weighted by molar-refractivity contribution is 7.17. The lowest BCUT2D eigenvalue weighted by molar-refractivity contribution is 0.0607. The molecule has 5 aromatic carbocycles. The Morgan fingerprint density at radius 2 is 0.832 bits per heavy atom. The minimum Gasteiger partial charge on any atom is -0.433 e. The molecule has 10 atom stereocenters. The molecule has 0 saturated carbocycles. The van der Waals surface area contributed by atoms with Gasteiger partial charge in [0, 0.05) is 24.4 Å². The van der Waals surface area contributed by atoms with Crippen molar-refractivity contribution in [2.75, 3.05) is 39.6 Å².